The maximum atomic E-state index is 13.0. The van der Waals surface area contributed by atoms with Crippen LogP contribution in [0.5, 0.6) is 5.75 Å². The topological polar surface area (TPSA) is 101 Å². The average molecular weight is 659 g/mol. The Labute approximate surface area is 265 Å². The molecule has 2 heterocycles. The fourth-order valence-corrected chi connectivity index (χ4v) is 5.51. The van der Waals surface area contributed by atoms with Gasteiger partial charge in [-0.25, -0.2) is 9.78 Å². The molecule has 0 bridgehead atoms. The van der Waals surface area contributed by atoms with Gasteiger partial charge in [-0.2, -0.15) is 4.99 Å². The number of amides is 3. The number of anilines is 3. The first-order chi connectivity index (χ1) is 21.4. The highest BCUT2D eigenvalue weighted by molar-refractivity contribution is 8.15. The third-order valence-corrected chi connectivity index (χ3v) is 7.78. The number of carbonyl (C=O) groups is 2. The van der Waals surface area contributed by atoms with Crippen molar-refractivity contribution in [1.29, 1.82) is 0 Å². The molecule has 1 saturated heterocycles. The van der Waals surface area contributed by atoms with E-state index in [-0.39, 0.29) is 34.2 Å². The second-order valence-electron chi connectivity index (χ2n) is 9.89. The van der Waals surface area contributed by atoms with E-state index in [1.807, 2.05) is 37.2 Å². The molecule has 0 spiro atoms. The highest BCUT2D eigenvalue weighted by Crippen LogP contribution is 2.34. The maximum absolute atomic E-state index is 13.0. The van der Waals surface area contributed by atoms with Crippen molar-refractivity contribution in [2.24, 2.45) is 4.99 Å². The summed E-state index contributed by atoms with van der Waals surface area (Å²) in [6.45, 7) is 0.264. The summed E-state index contributed by atoms with van der Waals surface area (Å²) >= 11 is 7.65. The van der Waals surface area contributed by atoms with E-state index < -0.39 is 12.4 Å². The second kappa shape index (κ2) is 13.2. The first-order valence-electron chi connectivity index (χ1n) is 13.3. The van der Waals surface area contributed by atoms with Gasteiger partial charge in [0.2, 0.25) is 5.91 Å². The Balaban J connectivity index is 1.31. The molecular weight excluding hydrogens is 633 g/mol. The number of nitrogens with one attached hydrogen (secondary N) is 1. The van der Waals surface area contributed by atoms with Crippen LogP contribution in [0, 0.1) is 0 Å². The molecule has 0 unspecified atom stereocenters. The third kappa shape index (κ3) is 7.59. The van der Waals surface area contributed by atoms with Gasteiger partial charge < -0.3 is 24.3 Å². The van der Waals surface area contributed by atoms with Crippen molar-refractivity contribution in [3.8, 4) is 22.7 Å². The maximum Gasteiger partial charge on any atom is 0.573 e. The lowest BCUT2D eigenvalue weighted by atomic mass is 10.1. The van der Waals surface area contributed by atoms with Crippen LogP contribution in [0.4, 0.5) is 35.0 Å². The molecule has 1 aliphatic rings. The zero-order valence-corrected chi connectivity index (χ0v) is 25.7. The molecule has 3 aromatic carbocycles. The van der Waals surface area contributed by atoms with Crippen molar-refractivity contribution in [1.82, 2.24) is 9.55 Å². The van der Waals surface area contributed by atoms with Gasteiger partial charge in [0.15, 0.2) is 5.17 Å². The molecule has 0 atom stereocenters. The van der Waals surface area contributed by atoms with Gasteiger partial charge >= 0.3 is 12.4 Å². The molecule has 0 saturated carbocycles. The Morgan fingerprint density at radius 3 is 2.56 bits per heavy atom. The summed E-state index contributed by atoms with van der Waals surface area (Å²) in [4.78, 5) is 37.7. The summed E-state index contributed by atoms with van der Waals surface area (Å²) < 4.78 is 48.2. The van der Waals surface area contributed by atoms with Gasteiger partial charge in [0, 0.05) is 49.9 Å². The lowest BCUT2D eigenvalue weighted by molar-refractivity contribution is -0.274. The molecule has 15 heteroatoms. The molecule has 3 amide bonds. The number of methoxy groups -OCH3 is 1. The van der Waals surface area contributed by atoms with Gasteiger partial charge in [0.25, 0.3) is 0 Å². The predicted octanol–water partition coefficient (Wildman–Crippen LogP) is 6.97. The Morgan fingerprint density at radius 2 is 1.89 bits per heavy atom. The van der Waals surface area contributed by atoms with E-state index in [9.17, 15) is 22.8 Å². The van der Waals surface area contributed by atoms with Gasteiger partial charge in [-0.05, 0) is 54.6 Å². The number of rotatable bonds is 8. The largest absolute Gasteiger partial charge is 0.573 e. The minimum atomic E-state index is -4.78. The summed E-state index contributed by atoms with van der Waals surface area (Å²) in [5.41, 5.74) is 4.22. The molecule has 0 radical (unpaired) electrons. The Bertz CT molecular complexity index is 1760. The Hall–Kier alpha value is -4.53. The third-order valence-electron chi connectivity index (χ3n) is 6.55. The van der Waals surface area contributed by atoms with Crippen LogP contribution in [0.15, 0.2) is 78.2 Å². The fraction of sp³-hybridized carbons (Fsp3) is 0.200. The minimum Gasteiger partial charge on any atom is -0.406 e. The van der Waals surface area contributed by atoms with E-state index in [4.69, 9.17) is 16.3 Å². The SMILES string of the molecule is COCc1ccc(N(C)C)cc1N1C(=O)CSC1=NC(=O)Nc1ccc(-n2cnc(-c3ccc(OC(F)(F)F)cc3)c2)cc1Cl. The van der Waals surface area contributed by atoms with Crippen LogP contribution in [0.3, 0.4) is 0 Å². The van der Waals surface area contributed by atoms with Crippen LogP contribution in [0.2, 0.25) is 5.02 Å². The number of amidine groups is 1. The number of hydrogen-bond donors (Lipinski definition) is 1. The van der Waals surface area contributed by atoms with Gasteiger partial charge in [-0.1, -0.05) is 29.4 Å². The standard InChI is InChI=1S/C30H26ClF3N6O4S/c1-38(2)20-7-4-19(15-43-3)26(13-20)40-27(41)16-45-29(40)37-28(42)36-24-11-8-21(12-23(24)31)39-14-25(35-17-39)18-5-9-22(10-6-18)44-30(32,33)34/h4-14,17H,15-16H2,1-3H3,(H,36,42). The molecule has 1 aromatic heterocycles. The summed E-state index contributed by atoms with van der Waals surface area (Å²) in [7, 11) is 5.33. The van der Waals surface area contributed by atoms with Crippen molar-refractivity contribution < 1.29 is 32.2 Å². The predicted molar refractivity (Wildman–Crippen MR) is 169 cm³/mol. The fourth-order valence-electron chi connectivity index (χ4n) is 4.43. The number of carbonyl (C=O) groups excluding carboxylic acids is 2. The molecule has 45 heavy (non-hydrogen) atoms. The van der Waals surface area contributed by atoms with Crippen LogP contribution >= 0.6 is 23.4 Å². The zero-order valence-electron chi connectivity index (χ0n) is 24.1. The van der Waals surface area contributed by atoms with Crippen LogP contribution < -0.4 is 19.9 Å². The summed E-state index contributed by atoms with van der Waals surface area (Å²) in [5, 5.41) is 3.11. The molecule has 234 valence electrons. The Kier molecular flexibility index (Phi) is 9.37. The average Bonchev–Trinajstić information content (AvgIpc) is 3.61. The van der Waals surface area contributed by atoms with Crippen LogP contribution in [-0.4, -0.2) is 60.0 Å². The normalized spacial score (nSPS) is 14.2. The van der Waals surface area contributed by atoms with E-state index in [2.05, 4.69) is 20.0 Å². The highest BCUT2D eigenvalue weighted by Gasteiger charge is 2.33. The number of hydrogen-bond acceptors (Lipinski definition) is 7. The zero-order chi connectivity index (χ0) is 32.3. The van der Waals surface area contributed by atoms with Gasteiger partial charge in [0.05, 0.1) is 40.8 Å². The molecule has 10 nitrogen and oxygen atoms in total. The van der Waals surface area contributed by atoms with E-state index in [1.165, 1.54) is 35.5 Å². The number of benzene rings is 3. The molecule has 1 fully saturated rings. The number of urea groups is 1. The monoisotopic (exact) mass is 658 g/mol. The van der Waals surface area contributed by atoms with Crippen LogP contribution in [0.25, 0.3) is 16.9 Å². The number of ether oxygens (including phenoxy) is 2. The number of imidazole rings is 1. The lowest BCUT2D eigenvalue weighted by Crippen LogP contribution is -2.31. The van der Waals surface area contributed by atoms with Gasteiger partial charge in [0.1, 0.15) is 5.75 Å². The molecule has 1 aliphatic heterocycles. The highest BCUT2D eigenvalue weighted by atomic mass is 35.5. The minimum absolute atomic E-state index is 0.124. The van der Waals surface area contributed by atoms with E-state index >= 15 is 0 Å². The molecular formula is C30H26ClF3N6O4S. The summed E-state index contributed by atoms with van der Waals surface area (Å²) in [6, 6.07) is 15.2. The summed E-state index contributed by atoms with van der Waals surface area (Å²) in [5.74, 6) is -0.425. The van der Waals surface area contributed by atoms with Crippen molar-refractivity contribution in [2.75, 3.05) is 42.1 Å². The number of aliphatic imine (C=N–C) groups is 1. The first kappa shape index (κ1) is 31.9. The van der Waals surface area contributed by atoms with Crippen LogP contribution in [-0.2, 0) is 16.1 Å². The Morgan fingerprint density at radius 1 is 1.13 bits per heavy atom. The number of alkyl halides is 3. The molecule has 1 N–H and O–H groups in total. The summed E-state index contributed by atoms with van der Waals surface area (Å²) in [6.07, 6.45) is -1.57. The van der Waals surface area contributed by atoms with E-state index in [0.717, 1.165) is 23.0 Å². The van der Waals surface area contributed by atoms with Crippen LogP contribution in [0.1, 0.15) is 5.56 Å². The number of thioether (sulfide) groups is 1. The number of nitrogens with zero attached hydrogens (tertiary/aromatic N) is 5. The lowest BCUT2D eigenvalue weighted by Gasteiger charge is -2.22. The quantitative estimate of drug-likeness (QED) is 0.218. The van der Waals surface area contributed by atoms with E-state index in [1.54, 1.807) is 36.1 Å². The number of aromatic nitrogens is 2. The van der Waals surface area contributed by atoms with Crippen molar-refractivity contribution >= 4 is 57.5 Å². The molecule has 5 rings (SSSR count). The second-order valence-corrected chi connectivity index (χ2v) is 11.2. The van der Waals surface area contributed by atoms with Gasteiger partial charge in [-0.15, -0.1) is 13.2 Å². The van der Waals surface area contributed by atoms with E-state index in [0.29, 0.717) is 28.3 Å². The van der Waals surface area contributed by atoms with Gasteiger partial charge in [-0.3, -0.25) is 9.69 Å². The van der Waals surface area contributed by atoms with Crippen molar-refractivity contribution in [3.05, 3.63) is 83.8 Å². The number of halogens is 4. The van der Waals surface area contributed by atoms with Crippen molar-refractivity contribution in [3.63, 3.8) is 0 Å². The van der Waals surface area contributed by atoms with Crippen molar-refractivity contribution in [2.45, 2.75) is 13.0 Å². The molecule has 0 aliphatic carbocycles. The first-order valence-corrected chi connectivity index (χ1v) is 14.6. The molecule has 4 aromatic rings. The smallest absolute Gasteiger partial charge is 0.406 e.